The molecule has 0 spiro atoms. The highest BCUT2D eigenvalue weighted by atomic mass is 16.7. The Morgan fingerprint density at radius 2 is 1.73 bits per heavy atom. The molecule has 1 amide bonds. The summed E-state index contributed by atoms with van der Waals surface area (Å²) < 4.78 is 13.1. The second-order valence-electron chi connectivity index (χ2n) is 10.5. The number of pyridine rings is 2. The van der Waals surface area contributed by atoms with Crippen LogP contribution in [0, 0.1) is 5.92 Å². The van der Waals surface area contributed by atoms with Gasteiger partial charge in [0.15, 0.2) is 6.29 Å². The molecule has 5 rings (SSSR count). The Morgan fingerprint density at radius 1 is 0.951 bits per heavy atom. The molecular weight excluding hydrogens is 516 g/mol. The van der Waals surface area contributed by atoms with Crippen LogP contribution in [0.5, 0.6) is 0 Å². The highest BCUT2D eigenvalue weighted by molar-refractivity contribution is 6.04. The fraction of sp³-hybridized carbons (Fsp3) is 0.303. The van der Waals surface area contributed by atoms with Gasteiger partial charge in [-0.3, -0.25) is 14.8 Å². The van der Waals surface area contributed by atoms with Gasteiger partial charge in [0.25, 0.3) is 5.91 Å². The number of aliphatic hydroxyl groups excluding tert-OH is 1. The Kier molecular flexibility index (Phi) is 9.48. The zero-order valence-electron chi connectivity index (χ0n) is 23.4. The standard InChI is InChI=1S/C33H36N4O4/c1-23-30(21-37(2)19-16-28-7-3-4-18-35-28)40-33(41-31(23)25-10-8-24(22-38)9-11-25)26-12-14-29(15-13-26)36-32(39)27-6-5-17-34-20-27/h3-15,17-18,20,23,30-31,33,38H,16,19,21-22H2,1-2H3,(H,36,39)/t23-,30+,31+,33+/m1/s1. The van der Waals surface area contributed by atoms with Crippen LogP contribution in [-0.2, 0) is 22.5 Å². The van der Waals surface area contributed by atoms with Crippen molar-refractivity contribution in [2.24, 2.45) is 5.92 Å². The zero-order valence-corrected chi connectivity index (χ0v) is 23.4. The van der Waals surface area contributed by atoms with Crippen molar-refractivity contribution < 1.29 is 19.4 Å². The van der Waals surface area contributed by atoms with Crippen LogP contribution in [0.25, 0.3) is 0 Å². The van der Waals surface area contributed by atoms with Crippen LogP contribution in [0.15, 0.2) is 97.5 Å². The maximum atomic E-state index is 12.5. The highest BCUT2D eigenvalue weighted by Gasteiger charge is 2.38. The van der Waals surface area contributed by atoms with E-state index in [2.05, 4.69) is 34.2 Å². The maximum absolute atomic E-state index is 12.5. The van der Waals surface area contributed by atoms with Crippen LogP contribution >= 0.6 is 0 Å². The number of anilines is 1. The number of hydrogen-bond donors (Lipinski definition) is 2. The number of hydrogen-bond acceptors (Lipinski definition) is 7. The maximum Gasteiger partial charge on any atom is 0.257 e. The van der Waals surface area contributed by atoms with Crippen molar-refractivity contribution in [2.45, 2.75) is 38.4 Å². The van der Waals surface area contributed by atoms with E-state index in [1.807, 2.05) is 72.9 Å². The molecule has 212 valence electrons. The first-order valence-corrected chi connectivity index (χ1v) is 13.9. The lowest BCUT2D eigenvalue weighted by Crippen LogP contribution is -2.43. The van der Waals surface area contributed by atoms with Crippen molar-refractivity contribution in [2.75, 3.05) is 25.5 Å². The van der Waals surface area contributed by atoms with Crippen molar-refractivity contribution in [1.82, 2.24) is 14.9 Å². The quantitative estimate of drug-likeness (QED) is 0.280. The number of likely N-dealkylation sites (N-methyl/N-ethyl adjacent to an activating group) is 1. The minimum Gasteiger partial charge on any atom is -0.392 e. The van der Waals surface area contributed by atoms with E-state index in [1.165, 1.54) is 6.20 Å². The number of carbonyl (C=O) groups excluding carboxylic acids is 1. The van der Waals surface area contributed by atoms with Gasteiger partial charge in [0.2, 0.25) is 0 Å². The summed E-state index contributed by atoms with van der Waals surface area (Å²) in [5.41, 5.74) is 5.01. The molecule has 0 unspecified atom stereocenters. The van der Waals surface area contributed by atoms with E-state index >= 15 is 0 Å². The van der Waals surface area contributed by atoms with Gasteiger partial charge in [-0.05, 0) is 54.6 Å². The molecule has 0 aliphatic carbocycles. The Balaban J connectivity index is 1.31. The molecule has 1 aliphatic rings. The predicted molar refractivity (Wildman–Crippen MR) is 157 cm³/mol. The van der Waals surface area contributed by atoms with E-state index in [0.29, 0.717) is 11.3 Å². The van der Waals surface area contributed by atoms with E-state index < -0.39 is 6.29 Å². The van der Waals surface area contributed by atoms with Crippen molar-refractivity contribution in [1.29, 1.82) is 0 Å². The lowest BCUT2D eigenvalue weighted by atomic mass is 9.90. The SMILES string of the molecule is C[C@@H]1[C@H](CN(C)CCc2ccccn2)O[C@H](c2ccc(NC(=O)c3cccnc3)cc2)O[C@@H]1c1ccc(CO)cc1. The molecule has 0 radical (unpaired) electrons. The van der Waals surface area contributed by atoms with E-state index in [9.17, 15) is 9.90 Å². The van der Waals surface area contributed by atoms with E-state index in [-0.39, 0.29) is 30.6 Å². The molecule has 0 saturated carbocycles. The lowest BCUT2D eigenvalue weighted by molar-refractivity contribution is -0.275. The molecule has 41 heavy (non-hydrogen) atoms. The number of aromatic nitrogens is 2. The van der Waals surface area contributed by atoms with E-state index in [4.69, 9.17) is 9.47 Å². The molecule has 2 N–H and O–H groups in total. The Bertz CT molecular complexity index is 1380. The van der Waals surface area contributed by atoms with Crippen molar-refractivity contribution in [3.8, 4) is 0 Å². The summed E-state index contributed by atoms with van der Waals surface area (Å²) in [4.78, 5) is 23.3. The fourth-order valence-corrected chi connectivity index (χ4v) is 5.00. The molecule has 1 aliphatic heterocycles. The van der Waals surface area contributed by atoms with Crippen LogP contribution in [0.3, 0.4) is 0 Å². The largest absolute Gasteiger partial charge is 0.392 e. The topological polar surface area (TPSA) is 96.8 Å². The van der Waals surface area contributed by atoms with Gasteiger partial charge < -0.3 is 24.8 Å². The summed E-state index contributed by atoms with van der Waals surface area (Å²) in [5, 5.41) is 12.4. The molecule has 2 aromatic carbocycles. The molecule has 3 heterocycles. The minimum atomic E-state index is -0.578. The number of aliphatic hydroxyl groups is 1. The molecule has 4 atom stereocenters. The van der Waals surface area contributed by atoms with Gasteiger partial charge in [-0.25, -0.2) is 0 Å². The first-order valence-electron chi connectivity index (χ1n) is 13.9. The number of carbonyl (C=O) groups is 1. The van der Waals surface area contributed by atoms with Crippen LogP contribution < -0.4 is 5.32 Å². The van der Waals surface area contributed by atoms with Gasteiger partial charge in [0.1, 0.15) is 0 Å². The van der Waals surface area contributed by atoms with Gasteiger partial charge >= 0.3 is 0 Å². The average molecular weight is 553 g/mol. The summed E-state index contributed by atoms with van der Waals surface area (Å²) in [6.45, 7) is 3.75. The molecule has 4 aromatic rings. The number of nitrogens with zero attached hydrogens (tertiary/aromatic N) is 3. The predicted octanol–water partition coefficient (Wildman–Crippen LogP) is 5.19. The van der Waals surface area contributed by atoms with Gasteiger partial charge in [0, 0.05) is 61.0 Å². The molecule has 1 fully saturated rings. The zero-order chi connectivity index (χ0) is 28.6. The van der Waals surface area contributed by atoms with Crippen LogP contribution in [0.1, 0.15) is 52.1 Å². The molecule has 8 nitrogen and oxygen atoms in total. The normalized spacial score (nSPS) is 20.6. The number of ether oxygens (including phenoxy) is 2. The molecule has 8 heteroatoms. The summed E-state index contributed by atoms with van der Waals surface area (Å²) in [7, 11) is 2.11. The van der Waals surface area contributed by atoms with Gasteiger partial charge in [-0.2, -0.15) is 0 Å². The monoisotopic (exact) mass is 552 g/mol. The van der Waals surface area contributed by atoms with Crippen molar-refractivity contribution >= 4 is 11.6 Å². The Morgan fingerprint density at radius 3 is 2.41 bits per heavy atom. The second-order valence-corrected chi connectivity index (χ2v) is 10.5. The fourth-order valence-electron chi connectivity index (χ4n) is 5.00. The Labute approximate surface area is 241 Å². The van der Waals surface area contributed by atoms with Crippen LogP contribution in [0.2, 0.25) is 0 Å². The highest BCUT2D eigenvalue weighted by Crippen LogP contribution is 2.42. The second kappa shape index (κ2) is 13.6. The van der Waals surface area contributed by atoms with Gasteiger partial charge in [0.05, 0.1) is 24.4 Å². The first-order chi connectivity index (χ1) is 20.0. The lowest BCUT2D eigenvalue weighted by Gasteiger charge is -2.42. The minimum absolute atomic E-state index is 0.000453. The number of nitrogens with one attached hydrogen (secondary N) is 1. The smallest absolute Gasteiger partial charge is 0.257 e. The van der Waals surface area contributed by atoms with Crippen molar-refractivity contribution in [3.05, 3.63) is 125 Å². The number of benzene rings is 2. The molecule has 2 aromatic heterocycles. The third-order valence-electron chi connectivity index (χ3n) is 7.46. The molecule has 0 bridgehead atoms. The average Bonchev–Trinajstić information content (AvgIpc) is 3.02. The summed E-state index contributed by atoms with van der Waals surface area (Å²) >= 11 is 0. The summed E-state index contributed by atoms with van der Waals surface area (Å²) in [5.74, 6) is -0.133. The van der Waals surface area contributed by atoms with E-state index in [0.717, 1.165) is 41.9 Å². The van der Waals surface area contributed by atoms with Crippen LogP contribution in [-0.4, -0.2) is 52.1 Å². The summed E-state index contributed by atoms with van der Waals surface area (Å²) in [6.07, 6.45) is 5.00. The number of rotatable bonds is 10. The third-order valence-corrected chi connectivity index (χ3v) is 7.46. The summed E-state index contributed by atoms with van der Waals surface area (Å²) in [6, 6.07) is 24.9. The third kappa shape index (κ3) is 7.42. The molecule has 1 saturated heterocycles. The van der Waals surface area contributed by atoms with Gasteiger partial charge in [-0.15, -0.1) is 0 Å². The molecular formula is C33H36N4O4. The Hall–Kier alpha value is -3.95. The number of amides is 1. The van der Waals surface area contributed by atoms with Gasteiger partial charge in [-0.1, -0.05) is 49.4 Å². The van der Waals surface area contributed by atoms with Crippen LogP contribution in [0.4, 0.5) is 5.69 Å². The van der Waals surface area contributed by atoms with E-state index in [1.54, 1.807) is 18.3 Å². The first kappa shape index (κ1) is 28.6. The van der Waals surface area contributed by atoms with Crippen molar-refractivity contribution in [3.63, 3.8) is 0 Å².